The third-order valence-corrected chi connectivity index (χ3v) is 3.63. The maximum atomic E-state index is 11.6. The normalized spacial score (nSPS) is 13.8. The molecule has 0 unspecified atom stereocenters. The van der Waals surface area contributed by atoms with Crippen LogP contribution < -0.4 is 11.1 Å². The summed E-state index contributed by atoms with van der Waals surface area (Å²) < 4.78 is 4.75. The van der Waals surface area contributed by atoms with Crippen molar-refractivity contribution in [3.05, 3.63) is 22.8 Å². The van der Waals surface area contributed by atoms with Crippen LogP contribution >= 0.6 is 15.9 Å². The topological polar surface area (TPSA) is 64.3 Å². The Kier molecular flexibility index (Phi) is 3.57. The number of hydrogen-bond donors (Lipinski definition) is 2. The number of hydrogen-bond acceptors (Lipinski definition) is 4. The van der Waals surface area contributed by atoms with Gasteiger partial charge in [-0.15, -0.1) is 0 Å². The Bertz CT molecular complexity index is 460. The molecule has 0 amide bonds. The summed E-state index contributed by atoms with van der Waals surface area (Å²) >= 11 is 3.45. The van der Waals surface area contributed by atoms with Crippen molar-refractivity contribution >= 4 is 33.3 Å². The number of carbonyl (C=O) groups excluding carboxylic acids is 1. The number of halogens is 1. The van der Waals surface area contributed by atoms with E-state index in [0.29, 0.717) is 16.6 Å². The summed E-state index contributed by atoms with van der Waals surface area (Å²) in [5.74, 6) is -0.389. The summed E-state index contributed by atoms with van der Waals surface area (Å²) in [6.07, 6.45) is 2.08. The van der Waals surface area contributed by atoms with E-state index in [0.717, 1.165) is 30.6 Å². The molecule has 0 atom stereocenters. The summed E-state index contributed by atoms with van der Waals surface area (Å²) in [5.41, 5.74) is 10.2. The second-order valence-electron chi connectivity index (χ2n) is 4.01. The highest BCUT2D eigenvalue weighted by molar-refractivity contribution is 9.08. The number of ether oxygens (including phenoxy) is 1. The summed E-state index contributed by atoms with van der Waals surface area (Å²) in [6, 6.07) is 1.82. The fraction of sp³-hybridized carbons (Fsp3) is 0.417. The van der Waals surface area contributed by atoms with Crippen LogP contribution in [0.2, 0.25) is 0 Å². The number of anilines is 2. The van der Waals surface area contributed by atoms with Gasteiger partial charge in [-0.2, -0.15) is 0 Å². The molecule has 0 spiro atoms. The van der Waals surface area contributed by atoms with Crippen LogP contribution in [0.15, 0.2) is 6.07 Å². The molecule has 0 radical (unpaired) electrons. The zero-order valence-corrected chi connectivity index (χ0v) is 11.3. The first-order valence-corrected chi connectivity index (χ1v) is 6.63. The van der Waals surface area contributed by atoms with Crippen molar-refractivity contribution in [3.63, 3.8) is 0 Å². The molecule has 0 saturated heterocycles. The maximum Gasteiger partial charge on any atom is 0.340 e. The van der Waals surface area contributed by atoms with Crippen molar-refractivity contribution in [3.8, 4) is 0 Å². The third-order valence-electron chi connectivity index (χ3n) is 3.02. The van der Waals surface area contributed by atoms with Gasteiger partial charge in [-0.25, -0.2) is 4.79 Å². The number of rotatable bonds is 2. The maximum absolute atomic E-state index is 11.6. The molecule has 0 aromatic heterocycles. The van der Waals surface area contributed by atoms with E-state index >= 15 is 0 Å². The molecule has 4 nitrogen and oxygen atoms in total. The average molecular weight is 299 g/mol. The van der Waals surface area contributed by atoms with Crippen molar-refractivity contribution < 1.29 is 9.53 Å². The molecule has 1 aliphatic rings. The zero-order valence-electron chi connectivity index (χ0n) is 9.68. The number of methoxy groups -OCH3 is 1. The molecule has 0 bridgehead atoms. The molecule has 0 fully saturated rings. The van der Waals surface area contributed by atoms with Gasteiger partial charge < -0.3 is 15.8 Å². The van der Waals surface area contributed by atoms with Gasteiger partial charge in [-0.05, 0) is 30.0 Å². The largest absolute Gasteiger partial charge is 0.465 e. The lowest BCUT2D eigenvalue weighted by Crippen LogP contribution is -2.18. The Morgan fingerprint density at radius 2 is 2.41 bits per heavy atom. The van der Waals surface area contributed by atoms with Crippen molar-refractivity contribution in [1.82, 2.24) is 0 Å². The van der Waals surface area contributed by atoms with Gasteiger partial charge in [0.25, 0.3) is 0 Å². The second-order valence-corrected chi connectivity index (χ2v) is 4.57. The predicted molar refractivity (Wildman–Crippen MR) is 71.6 cm³/mol. The molecular formula is C12H15BrN2O2. The smallest absolute Gasteiger partial charge is 0.340 e. The monoisotopic (exact) mass is 298 g/mol. The van der Waals surface area contributed by atoms with Crippen LogP contribution in [0.25, 0.3) is 0 Å². The fourth-order valence-electron chi connectivity index (χ4n) is 2.16. The van der Waals surface area contributed by atoms with E-state index in [9.17, 15) is 4.79 Å². The molecule has 1 aromatic carbocycles. The highest BCUT2D eigenvalue weighted by Gasteiger charge is 2.21. The number of fused-ring (bicyclic) bond motifs is 1. The van der Waals surface area contributed by atoms with Gasteiger partial charge in [0.15, 0.2) is 0 Å². The fourth-order valence-corrected chi connectivity index (χ4v) is 2.66. The standard InChI is InChI=1S/C12H15BrN2O2/c1-17-12(16)9-5-7(6-13)8-3-2-4-15-11(8)10(9)14/h5,15H,2-4,6,14H2,1H3. The van der Waals surface area contributed by atoms with Crippen molar-refractivity contribution in [2.24, 2.45) is 0 Å². The van der Waals surface area contributed by atoms with E-state index in [2.05, 4.69) is 21.2 Å². The molecule has 1 aliphatic heterocycles. The van der Waals surface area contributed by atoms with Gasteiger partial charge in [0, 0.05) is 11.9 Å². The number of nitrogens with two attached hydrogens (primary N) is 1. The highest BCUT2D eigenvalue weighted by Crippen LogP contribution is 2.35. The Morgan fingerprint density at radius 1 is 1.65 bits per heavy atom. The number of nitrogens with one attached hydrogen (secondary N) is 1. The van der Waals surface area contributed by atoms with Gasteiger partial charge in [0.05, 0.1) is 24.0 Å². The average Bonchev–Trinajstić information content (AvgIpc) is 2.39. The van der Waals surface area contributed by atoms with E-state index < -0.39 is 0 Å². The molecular weight excluding hydrogens is 284 g/mol. The Balaban J connectivity index is 2.60. The van der Waals surface area contributed by atoms with Gasteiger partial charge in [-0.3, -0.25) is 0 Å². The minimum atomic E-state index is -0.389. The highest BCUT2D eigenvalue weighted by atomic mass is 79.9. The summed E-state index contributed by atoms with van der Waals surface area (Å²) in [7, 11) is 1.36. The number of esters is 1. The lowest BCUT2D eigenvalue weighted by Gasteiger charge is -2.23. The Morgan fingerprint density at radius 3 is 3.06 bits per heavy atom. The summed E-state index contributed by atoms with van der Waals surface area (Å²) in [4.78, 5) is 11.6. The zero-order chi connectivity index (χ0) is 12.4. The van der Waals surface area contributed by atoms with Crippen LogP contribution in [0.1, 0.15) is 27.9 Å². The molecule has 5 heteroatoms. The first-order valence-electron chi connectivity index (χ1n) is 5.51. The Hall–Kier alpha value is -1.23. The van der Waals surface area contributed by atoms with Gasteiger partial charge in [0.2, 0.25) is 0 Å². The van der Waals surface area contributed by atoms with E-state index in [4.69, 9.17) is 10.5 Å². The van der Waals surface area contributed by atoms with E-state index in [1.54, 1.807) is 0 Å². The number of alkyl halides is 1. The predicted octanol–water partition coefficient (Wildman–Crippen LogP) is 2.31. The van der Waals surface area contributed by atoms with Crippen LogP contribution in [-0.2, 0) is 16.5 Å². The van der Waals surface area contributed by atoms with Gasteiger partial charge >= 0.3 is 5.97 Å². The summed E-state index contributed by atoms with van der Waals surface area (Å²) in [5, 5.41) is 3.98. The number of carbonyl (C=O) groups is 1. The first-order chi connectivity index (χ1) is 8.19. The molecule has 3 N–H and O–H groups in total. The minimum Gasteiger partial charge on any atom is -0.465 e. The molecule has 2 rings (SSSR count). The van der Waals surface area contributed by atoms with Crippen LogP contribution in [0.4, 0.5) is 11.4 Å². The van der Waals surface area contributed by atoms with Crippen LogP contribution in [0.5, 0.6) is 0 Å². The molecule has 92 valence electrons. The van der Waals surface area contributed by atoms with E-state index in [-0.39, 0.29) is 5.97 Å². The van der Waals surface area contributed by atoms with Crippen LogP contribution in [0.3, 0.4) is 0 Å². The first kappa shape index (κ1) is 12.2. The van der Waals surface area contributed by atoms with E-state index in [1.165, 1.54) is 12.7 Å². The van der Waals surface area contributed by atoms with Crippen LogP contribution in [-0.4, -0.2) is 19.6 Å². The van der Waals surface area contributed by atoms with Crippen molar-refractivity contribution in [2.75, 3.05) is 24.7 Å². The number of nitrogen functional groups attached to an aromatic ring is 1. The molecule has 1 aromatic rings. The van der Waals surface area contributed by atoms with Gasteiger partial charge in [0.1, 0.15) is 0 Å². The number of benzene rings is 1. The van der Waals surface area contributed by atoms with Crippen molar-refractivity contribution in [1.29, 1.82) is 0 Å². The lowest BCUT2D eigenvalue weighted by molar-refractivity contribution is 0.0602. The van der Waals surface area contributed by atoms with Crippen molar-refractivity contribution in [2.45, 2.75) is 18.2 Å². The SMILES string of the molecule is COC(=O)c1cc(CBr)c2c(c1N)NCCC2. The quantitative estimate of drug-likeness (QED) is 0.500. The third kappa shape index (κ3) is 2.11. The van der Waals surface area contributed by atoms with Crippen LogP contribution in [0, 0.1) is 0 Å². The molecule has 0 saturated carbocycles. The molecule has 1 heterocycles. The van der Waals surface area contributed by atoms with Gasteiger partial charge in [-0.1, -0.05) is 15.9 Å². The summed E-state index contributed by atoms with van der Waals surface area (Å²) in [6.45, 7) is 0.892. The second kappa shape index (κ2) is 4.96. The molecule has 17 heavy (non-hydrogen) atoms. The Labute approximate surface area is 109 Å². The molecule has 0 aliphatic carbocycles. The van der Waals surface area contributed by atoms with E-state index in [1.807, 2.05) is 6.07 Å². The minimum absolute atomic E-state index is 0.389. The lowest BCUT2D eigenvalue weighted by atomic mass is 9.94.